The van der Waals surface area contributed by atoms with Crippen LogP contribution in [-0.4, -0.2) is 66.4 Å². The quantitative estimate of drug-likeness (QED) is 0.660. The molecule has 2 fully saturated rings. The summed E-state index contributed by atoms with van der Waals surface area (Å²) < 4.78 is 11.3. The summed E-state index contributed by atoms with van der Waals surface area (Å²) in [7, 11) is 0. The van der Waals surface area contributed by atoms with Crippen molar-refractivity contribution in [2.45, 2.75) is 37.8 Å². The van der Waals surface area contributed by atoms with Gasteiger partial charge < -0.3 is 24.8 Å². The van der Waals surface area contributed by atoms with Crippen molar-refractivity contribution >= 4 is 18.0 Å². The molecule has 3 aliphatic rings. The smallest absolute Gasteiger partial charge is 0.407 e. The maximum atomic E-state index is 13.1. The number of hydrogen-bond acceptors (Lipinski definition) is 5. The van der Waals surface area contributed by atoms with Crippen LogP contribution in [0.1, 0.15) is 36.8 Å². The van der Waals surface area contributed by atoms with E-state index in [2.05, 4.69) is 29.6 Å². The number of nitrogens with one attached hydrogen (secondary N) is 1. The van der Waals surface area contributed by atoms with E-state index in [0.29, 0.717) is 26.0 Å². The van der Waals surface area contributed by atoms with Crippen molar-refractivity contribution in [3.8, 4) is 11.1 Å². The van der Waals surface area contributed by atoms with Crippen LogP contribution in [0, 0.1) is 11.8 Å². The van der Waals surface area contributed by atoms with Gasteiger partial charge >= 0.3 is 12.1 Å². The van der Waals surface area contributed by atoms with Crippen molar-refractivity contribution in [2.75, 3.05) is 26.3 Å². The summed E-state index contributed by atoms with van der Waals surface area (Å²) in [6.07, 6.45) is -0.119. The maximum absolute atomic E-state index is 13.1. The first-order valence-corrected chi connectivity index (χ1v) is 12.2. The first-order valence-electron chi connectivity index (χ1n) is 12.2. The highest BCUT2D eigenvalue weighted by molar-refractivity contribution is 5.84. The summed E-state index contributed by atoms with van der Waals surface area (Å²) in [5.41, 5.74) is 4.64. The van der Waals surface area contributed by atoms with E-state index in [0.717, 1.165) is 11.1 Å². The lowest BCUT2D eigenvalue weighted by Gasteiger charge is -2.28. The first kappa shape index (κ1) is 23.4. The number of carbonyl (C=O) groups is 3. The van der Waals surface area contributed by atoms with E-state index >= 15 is 0 Å². The Morgan fingerprint density at radius 2 is 1.71 bits per heavy atom. The molecule has 2 saturated heterocycles. The number of nitrogens with zero attached hydrogens (tertiary/aromatic N) is 1. The molecule has 4 atom stereocenters. The number of carboxylic acid groups (broad SMARTS) is 1. The number of ether oxygens (including phenoxy) is 2. The third kappa shape index (κ3) is 4.38. The predicted molar refractivity (Wildman–Crippen MR) is 128 cm³/mol. The Morgan fingerprint density at radius 3 is 2.34 bits per heavy atom. The lowest BCUT2D eigenvalue weighted by atomic mass is 9.98. The number of fused-ring (bicyclic) bond motifs is 3. The van der Waals surface area contributed by atoms with Gasteiger partial charge in [0.15, 0.2) is 0 Å². The second-order valence-electron chi connectivity index (χ2n) is 9.55. The topological polar surface area (TPSA) is 105 Å². The van der Waals surface area contributed by atoms with E-state index in [1.807, 2.05) is 24.3 Å². The summed E-state index contributed by atoms with van der Waals surface area (Å²) in [6, 6.07) is 16.0. The minimum absolute atomic E-state index is 0.0175. The van der Waals surface area contributed by atoms with Crippen molar-refractivity contribution in [1.82, 2.24) is 10.2 Å². The summed E-state index contributed by atoms with van der Waals surface area (Å²) in [5, 5.41) is 12.2. The van der Waals surface area contributed by atoms with Crippen molar-refractivity contribution < 1.29 is 29.0 Å². The Bertz CT molecular complexity index is 1090. The van der Waals surface area contributed by atoms with Crippen LogP contribution in [0.3, 0.4) is 0 Å². The van der Waals surface area contributed by atoms with Crippen molar-refractivity contribution in [2.24, 2.45) is 11.8 Å². The second-order valence-corrected chi connectivity index (χ2v) is 9.55. The van der Waals surface area contributed by atoms with Gasteiger partial charge in [0.1, 0.15) is 12.7 Å². The number of carboxylic acids is 1. The molecule has 2 N–H and O–H groups in total. The van der Waals surface area contributed by atoms with E-state index < -0.39 is 24.1 Å². The molecule has 2 unspecified atom stereocenters. The van der Waals surface area contributed by atoms with Crippen molar-refractivity contribution in [3.05, 3.63) is 59.7 Å². The van der Waals surface area contributed by atoms with E-state index in [1.54, 1.807) is 11.8 Å². The molecule has 0 bridgehead atoms. The minimum atomic E-state index is -0.881. The van der Waals surface area contributed by atoms with E-state index in [-0.39, 0.29) is 36.9 Å². The fraction of sp³-hybridized carbons (Fsp3) is 0.444. The SMILES string of the molecule is CC1C(C(=O)O)CCN1C(=O)[C@H]1OCC[C@H]1CNC(=O)OCC1c2ccccc2-c2ccccc21. The lowest BCUT2D eigenvalue weighted by molar-refractivity contribution is -0.146. The molecular weight excluding hydrogens is 448 g/mol. The van der Waals surface area contributed by atoms with Crippen LogP contribution in [0.25, 0.3) is 11.1 Å². The van der Waals surface area contributed by atoms with Gasteiger partial charge in [0.2, 0.25) is 0 Å². The Kier molecular flexibility index (Phi) is 6.47. The van der Waals surface area contributed by atoms with Gasteiger partial charge in [-0.3, -0.25) is 9.59 Å². The zero-order chi connectivity index (χ0) is 24.5. The summed E-state index contributed by atoms with van der Waals surface area (Å²) in [4.78, 5) is 38.6. The predicted octanol–water partition coefficient (Wildman–Crippen LogP) is 3.25. The second kappa shape index (κ2) is 9.70. The van der Waals surface area contributed by atoms with E-state index in [9.17, 15) is 19.5 Å². The van der Waals surface area contributed by atoms with Gasteiger partial charge in [0.25, 0.3) is 5.91 Å². The highest BCUT2D eigenvalue weighted by atomic mass is 16.5. The van der Waals surface area contributed by atoms with Crippen molar-refractivity contribution in [1.29, 1.82) is 0 Å². The van der Waals surface area contributed by atoms with E-state index in [4.69, 9.17) is 9.47 Å². The number of hydrogen-bond donors (Lipinski definition) is 2. The lowest BCUT2D eigenvalue weighted by Crippen LogP contribution is -2.47. The maximum Gasteiger partial charge on any atom is 0.407 e. The van der Waals surface area contributed by atoms with Crippen molar-refractivity contribution in [3.63, 3.8) is 0 Å². The van der Waals surface area contributed by atoms with Crippen LogP contribution in [0.5, 0.6) is 0 Å². The van der Waals surface area contributed by atoms with Crippen LogP contribution in [0.15, 0.2) is 48.5 Å². The monoisotopic (exact) mass is 478 g/mol. The fourth-order valence-electron chi connectivity index (χ4n) is 5.72. The standard InChI is InChI=1S/C27H30N2O6/c1-16-18(26(31)32)10-12-29(16)25(30)24-17(11-13-34-24)14-28-27(33)35-15-23-21-8-4-2-6-19(21)20-7-3-5-9-22(20)23/h2-9,16-18,23-24H,10-15H2,1H3,(H,28,33)(H,31,32)/t16?,17-,18?,24-/m0/s1. The number of aliphatic carboxylic acids is 1. The third-order valence-corrected chi connectivity index (χ3v) is 7.67. The number of rotatable bonds is 6. The normalized spacial score (nSPS) is 25.2. The minimum Gasteiger partial charge on any atom is -0.481 e. The molecule has 0 spiro atoms. The molecule has 2 aromatic carbocycles. The molecule has 2 heterocycles. The fourth-order valence-corrected chi connectivity index (χ4v) is 5.72. The average molecular weight is 479 g/mol. The molecular formula is C27H30N2O6. The van der Waals surface area contributed by atoms with Gasteiger partial charge in [-0.15, -0.1) is 0 Å². The zero-order valence-corrected chi connectivity index (χ0v) is 19.7. The van der Waals surface area contributed by atoms with Gasteiger partial charge in [-0.25, -0.2) is 4.79 Å². The summed E-state index contributed by atoms with van der Waals surface area (Å²) in [6.45, 7) is 3.09. The number of alkyl carbamates (subject to hydrolysis) is 1. The van der Waals surface area contributed by atoms with Crippen LogP contribution in [-0.2, 0) is 19.1 Å². The van der Waals surface area contributed by atoms with Crippen LogP contribution >= 0.6 is 0 Å². The van der Waals surface area contributed by atoms with Gasteiger partial charge in [-0.2, -0.15) is 0 Å². The van der Waals surface area contributed by atoms with Crippen LogP contribution in [0.4, 0.5) is 4.79 Å². The molecule has 8 nitrogen and oxygen atoms in total. The summed E-state index contributed by atoms with van der Waals surface area (Å²) in [5.74, 6) is -1.83. The van der Waals surface area contributed by atoms with Crippen LogP contribution < -0.4 is 5.32 Å². The zero-order valence-electron chi connectivity index (χ0n) is 19.7. The largest absolute Gasteiger partial charge is 0.481 e. The third-order valence-electron chi connectivity index (χ3n) is 7.67. The van der Waals surface area contributed by atoms with Gasteiger partial charge in [0.05, 0.1) is 5.92 Å². The molecule has 0 aromatic heterocycles. The Morgan fingerprint density at radius 1 is 1.06 bits per heavy atom. The molecule has 5 rings (SSSR count). The molecule has 2 aliphatic heterocycles. The number of amides is 2. The molecule has 2 aromatic rings. The first-order chi connectivity index (χ1) is 17.0. The number of benzene rings is 2. The number of carbonyl (C=O) groups excluding carboxylic acids is 2. The molecule has 8 heteroatoms. The van der Waals surface area contributed by atoms with Gasteiger partial charge in [-0.05, 0) is 42.0 Å². The number of likely N-dealkylation sites (tertiary alicyclic amines) is 1. The molecule has 184 valence electrons. The summed E-state index contributed by atoms with van der Waals surface area (Å²) >= 11 is 0. The van der Waals surface area contributed by atoms with Gasteiger partial charge in [-0.1, -0.05) is 48.5 Å². The Labute approximate surface area is 204 Å². The van der Waals surface area contributed by atoms with Crippen LogP contribution in [0.2, 0.25) is 0 Å². The molecule has 1 aliphatic carbocycles. The van der Waals surface area contributed by atoms with E-state index in [1.165, 1.54) is 11.1 Å². The highest BCUT2D eigenvalue weighted by Crippen LogP contribution is 2.44. The molecule has 0 radical (unpaired) electrons. The molecule has 2 amide bonds. The molecule has 0 saturated carbocycles. The average Bonchev–Trinajstić information content (AvgIpc) is 3.57. The van der Waals surface area contributed by atoms with Gasteiger partial charge in [0, 0.05) is 37.6 Å². The molecule has 35 heavy (non-hydrogen) atoms. The highest BCUT2D eigenvalue weighted by Gasteiger charge is 2.44. The Balaban J connectivity index is 1.16. The Hall–Kier alpha value is -3.39.